The minimum Gasteiger partial charge on any atom is -0.383 e. The van der Waals surface area contributed by atoms with E-state index in [0.29, 0.717) is 35.4 Å². The lowest BCUT2D eigenvalue weighted by molar-refractivity contribution is 0.102. The summed E-state index contributed by atoms with van der Waals surface area (Å²) < 4.78 is 32.8. The van der Waals surface area contributed by atoms with Gasteiger partial charge in [0.2, 0.25) is 0 Å². The van der Waals surface area contributed by atoms with Crippen LogP contribution in [-0.4, -0.2) is 74.0 Å². The molecule has 1 aliphatic rings. The molecule has 0 spiro atoms. The van der Waals surface area contributed by atoms with Crippen LogP contribution in [0.25, 0.3) is 10.9 Å². The normalized spacial score (nSPS) is 14.8. The maximum atomic E-state index is 13.7. The van der Waals surface area contributed by atoms with E-state index in [1.807, 2.05) is 36.4 Å². The number of methoxy groups -OCH3 is 1. The van der Waals surface area contributed by atoms with Crippen molar-refractivity contribution in [2.24, 2.45) is 0 Å². The van der Waals surface area contributed by atoms with E-state index < -0.39 is 11.6 Å². The maximum absolute atomic E-state index is 13.7. The third-order valence-corrected chi connectivity index (χ3v) is 7.53. The highest BCUT2D eigenvalue weighted by Crippen LogP contribution is 2.29. The number of ether oxygens (including phenoxy) is 1. The standard InChI is InChI=1S/C31H36F2N6O2/c1-4-24(19-41-3)34-29-18-25(39-11-9-38(2)10-12-39)6-7-26(29)31(40)35-30-27-16-20(5-8-28(27)36-37-30)13-21-14-22(32)17-23(33)15-21/h5-8,14-18,24,34H,4,9-13,19H2,1-3H3,(H2,35,36,37,40)/t24-/m0/s1. The first kappa shape index (κ1) is 28.5. The number of benzene rings is 3. The molecule has 3 N–H and O–H groups in total. The summed E-state index contributed by atoms with van der Waals surface area (Å²) in [6.45, 7) is 6.38. The number of hydrogen-bond acceptors (Lipinski definition) is 6. The van der Waals surface area contributed by atoms with Crippen molar-refractivity contribution in [3.63, 3.8) is 0 Å². The number of carbonyl (C=O) groups is 1. The second kappa shape index (κ2) is 12.7. The van der Waals surface area contributed by atoms with Gasteiger partial charge in [0, 0.05) is 62.2 Å². The molecule has 1 fully saturated rings. The topological polar surface area (TPSA) is 85.5 Å². The smallest absolute Gasteiger partial charge is 0.258 e. The molecule has 1 amide bonds. The first-order valence-electron chi connectivity index (χ1n) is 13.9. The van der Waals surface area contributed by atoms with Gasteiger partial charge in [-0.1, -0.05) is 13.0 Å². The third-order valence-electron chi connectivity index (χ3n) is 7.53. The Morgan fingerprint density at radius 2 is 1.78 bits per heavy atom. The minimum absolute atomic E-state index is 0.0377. The number of aromatic nitrogens is 2. The summed E-state index contributed by atoms with van der Waals surface area (Å²) in [6.07, 6.45) is 1.17. The molecule has 0 bridgehead atoms. The number of anilines is 3. The Morgan fingerprint density at radius 1 is 1.02 bits per heavy atom. The Kier molecular flexibility index (Phi) is 8.80. The van der Waals surface area contributed by atoms with Gasteiger partial charge in [-0.3, -0.25) is 9.89 Å². The van der Waals surface area contributed by atoms with Crippen molar-refractivity contribution in [2.45, 2.75) is 25.8 Å². The van der Waals surface area contributed by atoms with E-state index in [9.17, 15) is 13.6 Å². The Labute approximate surface area is 238 Å². The van der Waals surface area contributed by atoms with Crippen LogP contribution in [0.4, 0.5) is 26.0 Å². The SMILES string of the molecule is CC[C@@H](COC)Nc1cc(N2CCN(C)CC2)ccc1C(=O)Nc1n[nH]c2ccc(Cc3cc(F)cc(F)c3)cc12. The molecule has 41 heavy (non-hydrogen) atoms. The number of H-pyrrole nitrogens is 1. The number of rotatable bonds is 10. The second-order valence-electron chi connectivity index (χ2n) is 10.6. The van der Waals surface area contributed by atoms with Crippen LogP contribution in [0.1, 0.15) is 34.8 Å². The molecule has 0 aliphatic carbocycles. The van der Waals surface area contributed by atoms with Crippen molar-refractivity contribution in [2.75, 3.05) is 62.5 Å². The molecule has 216 valence electrons. The fourth-order valence-corrected chi connectivity index (χ4v) is 5.18. The zero-order valence-corrected chi connectivity index (χ0v) is 23.6. The van der Waals surface area contributed by atoms with Gasteiger partial charge in [-0.05, 0) is 73.5 Å². The molecule has 8 nitrogen and oxygen atoms in total. The number of nitrogens with zero attached hydrogens (tertiary/aromatic N) is 3. The summed E-state index contributed by atoms with van der Waals surface area (Å²) in [5.74, 6) is -1.14. The molecule has 0 unspecified atom stereocenters. The van der Waals surface area contributed by atoms with Gasteiger partial charge < -0.3 is 25.2 Å². The lowest BCUT2D eigenvalue weighted by atomic mass is 10.0. The van der Waals surface area contributed by atoms with E-state index in [0.717, 1.165) is 61.1 Å². The quantitative estimate of drug-likeness (QED) is 0.244. The van der Waals surface area contributed by atoms with Crippen molar-refractivity contribution < 1.29 is 18.3 Å². The molecular formula is C31H36F2N6O2. The van der Waals surface area contributed by atoms with Gasteiger partial charge in [-0.15, -0.1) is 0 Å². The Balaban J connectivity index is 1.41. The van der Waals surface area contributed by atoms with Gasteiger partial charge in [0.05, 0.1) is 17.7 Å². The highest BCUT2D eigenvalue weighted by Gasteiger charge is 2.21. The molecule has 4 aromatic rings. The van der Waals surface area contributed by atoms with Crippen molar-refractivity contribution in [3.05, 3.63) is 82.9 Å². The Hall–Kier alpha value is -4.02. The van der Waals surface area contributed by atoms with E-state index in [4.69, 9.17) is 4.74 Å². The van der Waals surface area contributed by atoms with Crippen LogP contribution in [0.5, 0.6) is 0 Å². The third kappa shape index (κ3) is 6.83. The fourth-order valence-electron chi connectivity index (χ4n) is 5.18. The summed E-state index contributed by atoms with van der Waals surface area (Å²) in [5, 5.41) is 14.5. The van der Waals surface area contributed by atoms with Gasteiger partial charge >= 0.3 is 0 Å². The number of hydrogen-bond donors (Lipinski definition) is 3. The molecule has 1 aliphatic heterocycles. The van der Waals surface area contributed by atoms with Gasteiger partial charge in [-0.2, -0.15) is 5.10 Å². The molecule has 0 saturated carbocycles. The van der Waals surface area contributed by atoms with Gasteiger partial charge in [0.25, 0.3) is 5.91 Å². The van der Waals surface area contributed by atoms with E-state index in [-0.39, 0.29) is 11.9 Å². The number of likely N-dealkylation sites (N-methyl/N-ethyl adjacent to an activating group) is 1. The molecule has 0 radical (unpaired) electrons. The van der Waals surface area contributed by atoms with Crippen LogP contribution >= 0.6 is 0 Å². The number of piperazine rings is 1. The van der Waals surface area contributed by atoms with Crippen molar-refractivity contribution in [1.82, 2.24) is 15.1 Å². The Bertz CT molecular complexity index is 1500. The van der Waals surface area contributed by atoms with Crippen molar-refractivity contribution in [1.29, 1.82) is 0 Å². The van der Waals surface area contributed by atoms with Crippen LogP contribution < -0.4 is 15.5 Å². The number of amides is 1. The van der Waals surface area contributed by atoms with Gasteiger partial charge in [-0.25, -0.2) is 8.78 Å². The van der Waals surface area contributed by atoms with Crippen LogP contribution in [0.2, 0.25) is 0 Å². The lowest BCUT2D eigenvalue weighted by Gasteiger charge is -2.34. The molecular weight excluding hydrogens is 526 g/mol. The van der Waals surface area contributed by atoms with Crippen LogP contribution in [0.15, 0.2) is 54.6 Å². The average Bonchev–Trinajstić information content (AvgIpc) is 3.34. The fraction of sp³-hybridized carbons (Fsp3) is 0.355. The predicted octanol–water partition coefficient (Wildman–Crippen LogP) is 5.27. The van der Waals surface area contributed by atoms with Gasteiger partial charge in [0.15, 0.2) is 5.82 Å². The van der Waals surface area contributed by atoms with Crippen molar-refractivity contribution >= 4 is 34.0 Å². The summed E-state index contributed by atoms with van der Waals surface area (Å²) in [6, 6.07) is 15.0. The molecule has 1 aromatic heterocycles. The zero-order chi connectivity index (χ0) is 28.9. The number of aromatic amines is 1. The second-order valence-corrected chi connectivity index (χ2v) is 10.6. The Morgan fingerprint density at radius 3 is 2.49 bits per heavy atom. The minimum atomic E-state index is -0.615. The van der Waals surface area contributed by atoms with E-state index in [2.05, 4.69) is 44.6 Å². The maximum Gasteiger partial charge on any atom is 0.258 e. The van der Waals surface area contributed by atoms with E-state index in [1.165, 1.54) is 12.1 Å². The lowest BCUT2D eigenvalue weighted by Crippen LogP contribution is -2.44. The number of halogens is 2. The first-order valence-corrected chi connectivity index (χ1v) is 13.9. The summed E-state index contributed by atoms with van der Waals surface area (Å²) >= 11 is 0. The average molecular weight is 563 g/mol. The van der Waals surface area contributed by atoms with E-state index >= 15 is 0 Å². The van der Waals surface area contributed by atoms with Crippen LogP contribution in [-0.2, 0) is 11.2 Å². The first-order chi connectivity index (χ1) is 19.8. The molecule has 5 rings (SSSR count). The van der Waals surface area contributed by atoms with Gasteiger partial charge in [0.1, 0.15) is 11.6 Å². The summed E-state index contributed by atoms with van der Waals surface area (Å²) in [5.41, 5.74) is 4.39. The molecule has 1 saturated heterocycles. The van der Waals surface area contributed by atoms with Crippen molar-refractivity contribution in [3.8, 4) is 0 Å². The summed E-state index contributed by atoms with van der Waals surface area (Å²) in [7, 11) is 3.79. The number of carbonyl (C=O) groups excluding carboxylic acids is 1. The molecule has 1 atom stereocenters. The molecule has 3 aromatic carbocycles. The summed E-state index contributed by atoms with van der Waals surface area (Å²) in [4.78, 5) is 18.3. The van der Waals surface area contributed by atoms with Crippen LogP contribution in [0.3, 0.4) is 0 Å². The highest BCUT2D eigenvalue weighted by atomic mass is 19.1. The largest absolute Gasteiger partial charge is 0.383 e. The number of nitrogens with one attached hydrogen (secondary N) is 3. The molecule has 2 heterocycles. The predicted molar refractivity (Wildman–Crippen MR) is 159 cm³/mol. The monoisotopic (exact) mass is 562 g/mol. The molecule has 10 heteroatoms. The van der Waals surface area contributed by atoms with Crippen LogP contribution in [0, 0.1) is 11.6 Å². The number of fused-ring (bicyclic) bond motifs is 1. The van der Waals surface area contributed by atoms with E-state index in [1.54, 1.807) is 7.11 Å². The highest BCUT2D eigenvalue weighted by molar-refractivity contribution is 6.11. The zero-order valence-electron chi connectivity index (χ0n) is 23.6.